The molecule has 0 amide bonds. The Morgan fingerprint density at radius 1 is 1.55 bits per heavy atom. The van der Waals surface area contributed by atoms with Crippen molar-refractivity contribution in [1.29, 1.82) is 0 Å². The molecule has 0 fully saturated rings. The fraction of sp³-hybridized carbons (Fsp3) is 0.500. The Kier molecular flexibility index (Phi) is 1.71. The summed E-state index contributed by atoms with van der Waals surface area (Å²) >= 11 is 0. The molecule has 0 aliphatic heterocycles. The summed E-state index contributed by atoms with van der Waals surface area (Å²) in [6.07, 6.45) is 9.95. The third-order valence-electron chi connectivity index (χ3n) is 2.07. The lowest BCUT2D eigenvalue weighted by molar-refractivity contribution is 0.639. The number of rotatable bonds is 1. The van der Waals surface area contributed by atoms with E-state index in [1.807, 2.05) is 0 Å². The van der Waals surface area contributed by atoms with E-state index in [4.69, 9.17) is 0 Å². The Hall–Kier alpha value is -1.12. The molecule has 0 spiro atoms. The summed E-state index contributed by atoms with van der Waals surface area (Å²) in [6.45, 7) is 0. The van der Waals surface area contributed by atoms with Gasteiger partial charge >= 0.3 is 0 Å². The van der Waals surface area contributed by atoms with Gasteiger partial charge in [0.25, 0.3) is 0 Å². The van der Waals surface area contributed by atoms with E-state index >= 15 is 0 Å². The van der Waals surface area contributed by atoms with Gasteiger partial charge in [-0.05, 0) is 19.3 Å². The fourth-order valence-electron chi connectivity index (χ4n) is 1.45. The van der Waals surface area contributed by atoms with E-state index in [1.54, 1.807) is 6.20 Å². The standard InChI is InChI=1S/C8H11N3/c1-2-4-7(5-3-1)8-6-9-11-10-8/h2,4,6-7H,1,3,5H2,(H,9,10,11). The molecule has 0 radical (unpaired) electrons. The quantitative estimate of drug-likeness (QED) is 0.616. The van der Waals surface area contributed by atoms with Crippen LogP contribution in [-0.4, -0.2) is 15.4 Å². The number of H-pyrrole nitrogens is 1. The summed E-state index contributed by atoms with van der Waals surface area (Å²) in [6, 6.07) is 0. The highest BCUT2D eigenvalue weighted by Crippen LogP contribution is 2.24. The molecule has 1 N–H and O–H groups in total. The Morgan fingerprint density at radius 2 is 2.55 bits per heavy atom. The Morgan fingerprint density at radius 3 is 3.18 bits per heavy atom. The zero-order chi connectivity index (χ0) is 7.52. The number of aromatic nitrogens is 3. The minimum Gasteiger partial charge on any atom is -0.198 e. The second kappa shape index (κ2) is 2.86. The van der Waals surface area contributed by atoms with Gasteiger partial charge in [0.05, 0.1) is 11.9 Å². The van der Waals surface area contributed by atoms with Gasteiger partial charge in [-0.1, -0.05) is 12.2 Å². The van der Waals surface area contributed by atoms with Crippen LogP contribution in [0.15, 0.2) is 18.3 Å². The molecule has 0 saturated carbocycles. The zero-order valence-electron chi connectivity index (χ0n) is 6.33. The van der Waals surface area contributed by atoms with Gasteiger partial charge in [-0.2, -0.15) is 15.4 Å². The number of nitrogens with one attached hydrogen (secondary N) is 1. The van der Waals surface area contributed by atoms with E-state index in [-0.39, 0.29) is 0 Å². The van der Waals surface area contributed by atoms with Gasteiger partial charge in [0.1, 0.15) is 0 Å². The van der Waals surface area contributed by atoms with Crippen LogP contribution in [0.25, 0.3) is 0 Å². The molecule has 58 valence electrons. The van der Waals surface area contributed by atoms with Crippen molar-refractivity contribution < 1.29 is 0 Å². The third-order valence-corrected chi connectivity index (χ3v) is 2.07. The van der Waals surface area contributed by atoms with E-state index in [0.29, 0.717) is 5.92 Å². The van der Waals surface area contributed by atoms with Gasteiger partial charge in [-0.25, -0.2) is 0 Å². The lowest BCUT2D eigenvalue weighted by Gasteiger charge is -2.12. The molecule has 0 saturated heterocycles. The highest BCUT2D eigenvalue weighted by atomic mass is 15.3. The van der Waals surface area contributed by atoms with Gasteiger partial charge in [-0.3, -0.25) is 0 Å². The van der Waals surface area contributed by atoms with Gasteiger partial charge in [-0.15, -0.1) is 0 Å². The molecule has 1 atom stereocenters. The summed E-state index contributed by atoms with van der Waals surface area (Å²) in [7, 11) is 0. The van der Waals surface area contributed by atoms with E-state index in [9.17, 15) is 0 Å². The highest BCUT2D eigenvalue weighted by Gasteiger charge is 2.12. The molecule has 1 aromatic heterocycles. The average molecular weight is 149 g/mol. The molecular weight excluding hydrogens is 138 g/mol. The predicted molar refractivity (Wildman–Crippen MR) is 42.1 cm³/mol. The van der Waals surface area contributed by atoms with Crippen LogP contribution in [0.1, 0.15) is 30.9 Å². The van der Waals surface area contributed by atoms with Crippen LogP contribution in [0.5, 0.6) is 0 Å². The molecule has 1 heterocycles. The van der Waals surface area contributed by atoms with Crippen LogP contribution in [0.3, 0.4) is 0 Å². The molecule has 1 aliphatic rings. The molecule has 0 aromatic carbocycles. The molecule has 1 aromatic rings. The van der Waals surface area contributed by atoms with Crippen molar-refractivity contribution in [2.24, 2.45) is 0 Å². The molecule has 1 aliphatic carbocycles. The maximum atomic E-state index is 4.05. The second-order valence-electron chi connectivity index (χ2n) is 2.86. The Labute approximate surface area is 65.5 Å². The average Bonchev–Trinajstić information content (AvgIpc) is 2.58. The minimum absolute atomic E-state index is 0.502. The van der Waals surface area contributed by atoms with Crippen molar-refractivity contribution in [3.05, 3.63) is 24.0 Å². The van der Waals surface area contributed by atoms with E-state index in [2.05, 4.69) is 27.6 Å². The van der Waals surface area contributed by atoms with Crippen LogP contribution < -0.4 is 0 Å². The molecule has 0 bridgehead atoms. The molecule has 1 unspecified atom stereocenters. The number of hydrogen-bond acceptors (Lipinski definition) is 2. The zero-order valence-corrected chi connectivity index (χ0v) is 6.33. The molecule has 2 rings (SSSR count). The number of hydrogen-bond donors (Lipinski definition) is 1. The normalized spacial score (nSPS) is 23.8. The summed E-state index contributed by atoms with van der Waals surface area (Å²) in [5.74, 6) is 0.502. The first-order valence-electron chi connectivity index (χ1n) is 3.99. The molecule has 3 heteroatoms. The van der Waals surface area contributed by atoms with Crippen LogP contribution in [0.2, 0.25) is 0 Å². The maximum absolute atomic E-state index is 4.05. The van der Waals surface area contributed by atoms with Crippen molar-refractivity contribution >= 4 is 0 Å². The molecule has 3 nitrogen and oxygen atoms in total. The first-order chi connectivity index (χ1) is 5.47. The first kappa shape index (κ1) is 6.58. The largest absolute Gasteiger partial charge is 0.198 e. The first-order valence-corrected chi connectivity index (χ1v) is 3.99. The summed E-state index contributed by atoms with van der Waals surface area (Å²) < 4.78 is 0. The second-order valence-corrected chi connectivity index (χ2v) is 2.86. The smallest absolute Gasteiger partial charge is 0.0893 e. The third kappa shape index (κ3) is 1.31. The van der Waals surface area contributed by atoms with Crippen molar-refractivity contribution in [1.82, 2.24) is 15.4 Å². The van der Waals surface area contributed by atoms with Crippen molar-refractivity contribution in [2.45, 2.75) is 25.2 Å². The van der Waals surface area contributed by atoms with Gasteiger partial charge < -0.3 is 0 Å². The topological polar surface area (TPSA) is 41.6 Å². The molecule has 11 heavy (non-hydrogen) atoms. The summed E-state index contributed by atoms with van der Waals surface area (Å²) in [5, 5.41) is 10.5. The number of aromatic amines is 1. The number of allylic oxidation sites excluding steroid dienone is 2. The van der Waals surface area contributed by atoms with Gasteiger partial charge in [0.15, 0.2) is 0 Å². The summed E-state index contributed by atoms with van der Waals surface area (Å²) in [4.78, 5) is 0. The van der Waals surface area contributed by atoms with E-state index in [0.717, 1.165) is 5.69 Å². The lowest BCUT2D eigenvalue weighted by atomic mass is 9.94. The van der Waals surface area contributed by atoms with Crippen molar-refractivity contribution in [3.63, 3.8) is 0 Å². The monoisotopic (exact) mass is 149 g/mol. The lowest BCUT2D eigenvalue weighted by Crippen LogP contribution is -1.99. The SMILES string of the molecule is C1=CC(c2cn[nH]n2)CCC1. The highest BCUT2D eigenvalue weighted by molar-refractivity contribution is 5.12. The maximum Gasteiger partial charge on any atom is 0.0893 e. The van der Waals surface area contributed by atoms with Crippen molar-refractivity contribution in [3.8, 4) is 0 Å². The van der Waals surface area contributed by atoms with Gasteiger partial charge in [0.2, 0.25) is 0 Å². The Bertz CT molecular complexity index is 238. The van der Waals surface area contributed by atoms with Crippen LogP contribution in [-0.2, 0) is 0 Å². The minimum atomic E-state index is 0.502. The van der Waals surface area contributed by atoms with E-state index in [1.165, 1.54) is 19.3 Å². The number of nitrogens with zero attached hydrogens (tertiary/aromatic N) is 2. The predicted octanol–water partition coefficient (Wildman–Crippen LogP) is 1.63. The van der Waals surface area contributed by atoms with Gasteiger partial charge in [0, 0.05) is 5.92 Å². The van der Waals surface area contributed by atoms with Crippen LogP contribution >= 0.6 is 0 Å². The fourth-order valence-corrected chi connectivity index (χ4v) is 1.45. The molecular formula is C8H11N3. The Balaban J connectivity index is 2.16. The van der Waals surface area contributed by atoms with Crippen LogP contribution in [0.4, 0.5) is 0 Å². The summed E-state index contributed by atoms with van der Waals surface area (Å²) in [5.41, 5.74) is 1.07. The van der Waals surface area contributed by atoms with Crippen molar-refractivity contribution in [2.75, 3.05) is 0 Å². The van der Waals surface area contributed by atoms with Crippen LogP contribution in [0, 0.1) is 0 Å². The van der Waals surface area contributed by atoms with E-state index < -0.39 is 0 Å².